The van der Waals surface area contributed by atoms with E-state index in [0.717, 1.165) is 0 Å². The summed E-state index contributed by atoms with van der Waals surface area (Å²) >= 11 is 0. The van der Waals surface area contributed by atoms with E-state index in [4.69, 9.17) is 15.0 Å². The van der Waals surface area contributed by atoms with Crippen molar-refractivity contribution in [3.63, 3.8) is 0 Å². The summed E-state index contributed by atoms with van der Waals surface area (Å²) < 4.78 is 9.71. The highest BCUT2D eigenvalue weighted by Crippen LogP contribution is 2.24. The van der Waals surface area contributed by atoms with Gasteiger partial charge in [-0.05, 0) is 6.92 Å². The smallest absolute Gasteiger partial charge is 0.362 e. The van der Waals surface area contributed by atoms with Crippen LogP contribution >= 0.6 is 0 Å². The van der Waals surface area contributed by atoms with Crippen molar-refractivity contribution in [3.8, 4) is 0 Å². The van der Waals surface area contributed by atoms with Gasteiger partial charge in [0.05, 0.1) is 6.61 Å². The molecule has 1 heterocycles. The van der Waals surface area contributed by atoms with Crippen molar-refractivity contribution in [2.24, 2.45) is 0 Å². The van der Waals surface area contributed by atoms with E-state index in [9.17, 15) is 4.79 Å². The largest absolute Gasteiger partial charge is 0.461 e. The van der Waals surface area contributed by atoms with Crippen LogP contribution in [-0.4, -0.2) is 17.7 Å². The highest BCUT2D eigenvalue weighted by molar-refractivity contribution is 5.93. The Morgan fingerprint density at radius 1 is 1.64 bits per heavy atom. The number of nitrogens with two attached hydrogens (primary N) is 1. The number of anilines is 1. The molecule has 0 spiro atoms. The van der Waals surface area contributed by atoms with Crippen LogP contribution < -0.4 is 5.73 Å². The Bertz CT molecular complexity index is 331. The summed E-state index contributed by atoms with van der Waals surface area (Å²) in [7, 11) is 0. The summed E-state index contributed by atoms with van der Waals surface area (Å²) in [6.07, 6.45) is 0. The van der Waals surface area contributed by atoms with Crippen molar-refractivity contribution in [3.05, 3.63) is 11.5 Å². The fourth-order valence-electron chi connectivity index (χ4n) is 1.07. The lowest BCUT2D eigenvalue weighted by atomic mass is 10.1. The lowest BCUT2D eigenvalue weighted by molar-refractivity contribution is 0.0515. The molecule has 1 rings (SSSR count). The molecule has 0 fully saturated rings. The van der Waals surface area contributed by atoms with Crippen LogP contribution in [0.25, 0.3) is 0 Å². The Morgan fingerprint density at radius 2 is 2.29 bits per heavy atom. The standard InChI is InChI=1S/C9H14N2O3/c1-4-13-9(12)7-6(10)8(5(2)3)14-11-7/h5H,4,10H2,1-3H3. The lowest BCUT2D eigenvalue weighted by Gasteiger charge is -2.00. The number of ether oxygens (including phenoxy) is 1. The molecule has 2 N–H and O–H groups in total. The van der Waals surface area contributed by atoms with Crippen LogP contribution in [0.4, 0.5) is 5.69 Å². The van der Waals surface area contributed by atoms with Gasteiger partial charge in [0.15, 0.2) is 5.76 Å². The van der Waals surface area contributed by atoms with Gasteiger partial charge >= 0.3 is 5.97 Å². The molecule has 0 aliphatic carbocycles. The maximum Gasteiger partial charge on any atom is 0.362 e. The van der Waals surface area contributed by atoms with E-state index in [-0.39, 0.29) is 17.3 Å². The minimum absolute atomic E-state index is 0.0653. The maximum absolute atomic E-state index is 11.3. The third-order valence-corrected chi connectivity index (χ3v) is 1.75. The molecular formula is C9H14N2O3. The molecule has 0 saturated carbocycles. The lowest BCUT2D eigenvalue weighted by Crippen LogP contribution is -2.08. The first-order chi connectivity index (χ1) is 6.57. The highest BCUT2D eigenvalue weighted by atomic mass is 16.5. The molecule has 5 nitrogen and oxygen atoms in total. The minimum atomic E-state index is -0.541. The zero-order valence-corrected chi connectivity index (χ0v) is 8.53. The van der Waals surface area contributed by atoms with Crippen molar-refractivity contribution in [2.45, 2.75) is 26.7 Å². The van der Waals surface area contributed by atoms with Crippen LogP contribution in [0.2, 0.25) is 0 Å². The van der Waals surface area contributed by atoms with Gasteiger partial charge in [-0.15, -0.1) is 0 Å². The van der Waals surface area contributed by atoms with Crippen LogP contribution in [-0.2, 0) is 4.74 Å². The van der Waals surface area contributed by atoms with Crippen LogP contribution in [0.3, 0.4) is 0 Å². The summed E-state index contributed by atoms with van der Waals surface area (Å²) in [5.74, 6) is 0.0828. The monoisotopic (exact) mass is 198 g/mol. The number of hydrogen-bond donors (Lipinski definition) is 1. The maximum atomic E-state index is 11.3. The summed E-state index contributed by atoms with van der Waals surface area (Å²) in [4.78, 5) is 11.3. The van der Waals surface area contributed by atoms with Gasteiger partial charge in [-0.25, -0.2) is 4.79 Å². The first kappa shape index (κ1) is 10.6. The second-order valence-corrected chi connectivity index (χ2v) is 3.18. The summed E-state index contributed by atoms with van der Waals surface area (Å²) in [6, 6.07) is 0. The fourth-order valence-corrected chi connectivity index (χ4v) is 1.07. The zero-order chi connectivity index (χ0) is 10.7. The molecular weight excluding hydrogens is 184 g/mol. The molecule has 0 aromatic carbocycles. The molecule has 0 aliphatic heterocycles. The molecule has 1 aromatic rings. The van der Waals surface area contributed by atoms with Gasteiger partial charge in [-0.1, -0.05) is 19.0 Å². The van der Waals surface area contributed by atoms with Gasteiger partial charge in [0.1, 0.15) is 5.69 Å². The topological polar surface area (TPSA) is 78.3 Å². The summed E-state index contributed by atoms with van der Waals surface area (Å²) in [5.41, 5.74) is 6.02. The predicted molar refractivity (Wildman–Crippen MR) is 51.0 cm³/mol. The molecule has 0 amide bonds. The third kappa shape index (κ3) is 1.86. The Balaban J connectivity index is 2.95. The number of hydrogen-bond acceptors (Lipinski definition) is 5. The molecule has 1 aromatic heterocycles. The predicted octanol–water partition coefficient (Wildman–Crippen LogP) is 1.56. The van der Waals surface area contributed by atoms with E-state index in [2.05, 4.69) is 5.16 Å². The van der Waals surface area contributed by atoms with Gasteiger partial charge in [0, 0.05) is 5.92 Å². The van der Waals surface area contributed by atoms with E-state index >= 15 is 0 Å². The number of carbonyl (C=O) groups excluding carboxylic acids is 1. The SMILES string of the molecule is CCOC(=O)c1noc(C(C)C)c1N. The first-order valence-electron chi connectivity index (χ1n) is 4.50. The summed E-state index contributed by atoms with van der Waals surface area (Å²) in [6.45, 7) is 5.83. The molecule has 0 unspecified atom stereocenters. The molecule has 0 radical (unpaired) electrons. The number of nitrogen functional groups attached to an aromatic ring is 1. The molecule has 5 heteroatoms. The number of carbonyl (C=O) groups is 1. The Morgan fingerprint density at radius 3 is 2.71 bits per heavy atom. The van der Waals surface area contributed by atoms with E-state index in [0.29, 0.717) is 12.4 Å². The molecule has 0 atom stereocenters. The molecule has 0 bridgehead atoms. The zero-order valence-electron chi connectivity index (χ0n) is 8.53. The van der Waals surface area contributed by atoms with Gasteiger partial charge < -0.3 is 15.0 Å². The minimum Gasteiger partial charge on any atom is -0.461 e. The molecule has 78 valence electrons. The first-order valence-corrected chi connectivity index (χ1v) is 4.50. The Hall–Kier alpha value is -1.52. The van der Waals surface area contributed by atoms with Gasteiger partial charge in [0.25, 0.3) is 0 Å². The third-order valence-electron chi connectivity index (χ3n) is 1.75. The van der Waals surface area contributed by atoms with Crippen molar-refractivity contribution in [1.29, 1.82) is 0 Å². The Labute approximate surface area is 82.2 Å². The molecule has 0 saturated heterocycles. The van der Waals surface area contributed by atoms with E-state index in [1.165, 1.54) is 0 Å². The van der Waals surface area contributed by atoms with Gasteiger partial charge in [0.2, 0.25) is 5.69 Å². The number of esters is 1. The van der Waals surface area contributed by atoms with Crippen molar-refractivity contribution in [2.75, 3.05) is 12.3 Å². The normalized spacial score (nSPS) is 10.6. The van der Waals surface area contributed by atoms with E-state index in [1.807, 2.05) is 13.8 Å². The second kappa shape index (κ2) is 4.13. The van der Waals surface area contributed by atoms with Crippen LogP contribution in [0, 0.1) is 0 Å². The second-order valence-electron chi connectivity index (χ2n) is 3.18. The average Bonchev–Trinajstić information content (AvgIpc) is 2.47. The van der Waals surface area contributed by atoms with Crippen LogP contribution in [0.1, 0.15) is 42.9 Å². The fraction of sp³-hybridized carbons (Fsp3) is 0.556. The van der Waals surface area contributed by atoms with Gasteiger partial charge in [-0.3, -0.25) is 0 Å². The van der Waals surface area contributed by atoms with Crippen molar-refractivity contribution in [1.82, 2.24) is 5.16 Å². The van der Waals surface area contributed by atoms with Crippen LogP contribution in [0.15, 0.2) is 4.52 Å². The number of rotatable bonds is 3. The highest BCUT2D eigenvalue weighted by Gasteiger charge is 2.21. The number of nitrogens with zero attached hydrogens (tertiary/aromatic N) is 1. The van der Waals surface area contributed by atoms with Crippen molar-refractivity contribution >= 4 is 11.7 Å². The van der Waals surface area contributed by atoms with Crippen LogP contribution in [0.5, 0.6) is 0 Å². The molecule has 14 heavy (non-hydrogen) atoms. The van der Waals surface area contributed by atoms with E-state index in [1.54, 1.807) is 6.92 Å². The number of aromatic nitrogens is 1. The summed E-state index contributed by atoms with van der Waals surface area (Å²) in [5, 5.41) is 3.58. The average molecular weight is 198 g/mol. The van der Waals surface area contributed by atoms with Gasteiger partial charge in [-0.2, -0.15) is 0 Å². The van der Waals surface area contributed by atoms with E-state index < -0.39 is 5.97 Å². The molecule has 0 aliphatic rings. The Kier molecular flexibility index (Phi) is 3.11. The van der Waals surface area contributed by atoms with Crippen molar-refractivity contribution < 1.29 is 14.1 Å². The quantitative estimate of drug-likeness (QED) is 0.745.